The van der Waals surface area contributed by atoms with Gasteiger partial charge in [-0.3, -0.25) is 0 Å². The van der Waals surface area contributed by atoms with Crippen molar-refractivity contribution in [3.05, 3.63) is 197 Å². The minimum atomic E-state index is -4.53. The third-order valence-corrected chi connectivity index (χ3v) is 12.9. The van der Waals surface area contributed by atoms with E-state index in [9.17, 15) is 52.0 Å². The molecule has 3 aromatic carbocycles. The van der Waals surface area contributed by atoms with Crippen molar-refractivity contribution >= 4 is 47.9 Å². The van der Waals surface area contributed by atoms with Crippen LogP contribution in [0.15, 0.2) is 151 Å². The van der Waals surface area contributed by atoms with Gasteiger partial charge in [-0.1, -0.05) is 18.2 Å². The van der Waals surface area contributed by atoms with Crippen molar-refractivity contribution < 1.29 is 52.0 Å². The second-order valence-corrected chi connectivity index (χ2v) is 19.2. The smallest absolute Gasteiger partial charge is 0.350 e. The number of nitrogens with two attached hydrogens (primary N) is 1. The molecular formula is C47H38F8N10O4S2. The molecule has 0 aliphatic rings. The molecule has 4 N–H and O–H groups in total. The number of halogens is 8. The Morgan fingerprint density at radius 1 is 0.634 bits per heavy atom. The molecule has 0 saturated carbocycles. The number of benzene rings is 3. The highest BCUT2D eigenvalue weighted by atomic mass is 32.2. The van der Waals surface area contributed by atoms with Gasteiger partial charge in [0.2, 0.25) is 20.9 Å². The van der Waals surface area contributed by atoms with Crippen LogP contribution in [0.4, 0.5) is 41.1 Å². The Balaban J connectivity index is 0.000000168. The minimum absolute atomic E-state index is 0.112. The number of aromatic nitrogens is 8. The molecule has 24 heteroatoms. The summed E-state index contributed by atoms with van der Waals surface area (Å²) >= 11 is 0. The van der Waals surface area contributed by atoms with Crippen molar-refractivity contribution in [3.8, 4) is 0 Å². The highest BCUT2D eigenvalue weighted by Crippen LogP contribution is 2.32. The van der Waals surface area contributed by atoms with Crippen molar-refractivity contribution in [1.82, 2.24) is 38.9 Å². The van der Waals surface area contributed by atoms with Crippen LogP contribution in [0, 0.1) is 11.6 Å². The van der Waals surface area contributed by atoms with Crippen LogP contribution in [0.2, 0.25) is 0 Å². The fourth-order valence-electron chi connectivity index (χ4n) is 6.86. The van der Waals surface area contributed by atoms with Crippen LogP contribution in [0.25, 0.3) is 22.1 Å². The van der Waals surface area contributed by atoms with Gasteiger partial charge in [0.05, 0.1) is 16.0 Å². The zero-order valence-corrected chi connectivity index (χ0v) is 38.4. The average Bonchev–Trinajstić information content (AvgIpc) is 3.93. The fourth-order valence-corrected chi connectivity index (χ4v) is 8.71. The van der Waals surface area contributed by atoms with Gasteiger partial charge in [0.25, 0.3) is 10.0 Å². The Hall–Kier alpha value is -7.70. The van der Waals surface area contributed by atoms with Crippen LogP contribution in [-0.4, -0.2) is 62.0 Å². The number of pyridine rings is 2. The van der Waals surface area contributed by atoms with E-state index in [0.29, 0.717) is 47.1 Å². The number of sulfone groups is 1. The lowest BCUT2D eigenvalue weighted by Gasteiger charge is -2.11. The number of rotatable bonds is 11. The van der Waals surface area contributed by atoms with Gasteiger partial charge in [0, 0.05) is 104 Å². The van der Waals surface area contributed by atoms with Crippen molar-refractivity contribution in [2.45, 2.75) is 48.3 Å². The molecule has 71 heavy (non-hydrogen) atoms. The summed E-state index contributed by atoms with van der Waals surface area (Å²) in [4.78, 5) is 27.9. The molecule has 14 nitrogen and oxygen atoms in total. The first-order valence-corrected chi connectivity index (χ1v) is 24.1. The number of alkyl halides is 6. The number of anilines is 1. The second-order valence-electron chi connectivity index (χ2n) is 15.4. The van der Waals surface area contributed by atoms with Gasteiger partial charge in [0.1, 0.15) is 17.3 Å². The average molecular weight is 1020 g/mol. The SMILES string of the molecule is CS(=O)(=O)c1ncc(Cc2cn(S(=O)(=O)c3ccccc3)c3ncccc23)cn1.Fc1ccc(C(F)(F)F)cc1CNc1ncc(Cc2c[nH]c3ncccc23)cn1.NCc1cc(C(F)(F)F)ccc1F. The van der Waals surface area contributed by atoms with Crippen molar-refractivity contribution in [1.29, 1.82) is 0 Å². The third kappa shape index (κ3) is 12.6. The maximum Gasteiger partial charge on any atom is 0.416 e. The summed E-state index contributed by atoms with van der Waals surface area (Å²) in [5.74, 6) is -1.24. The predicted octanol–water partition coefficient (Wildman–Crippen LogP) is 9.07. The highest BCUT2D eigenvalue weighted by Gasteiger charge is 2.32. The van der Waals surface area contributed by atoms with Crippen LogP contribution in [-0.2, 0) is 58.1 Å². The molecule has 6 heterocycles. The quantitative estimate of drug-likeness (QED) is 0.0820. The van der Waals surface area contributed by atoms with Crippen LogP contribution < -0.4 is 11.1 Å². The Morgan fingerprint density at radius 3 is 1.77 bits per heavy atom. The summed E-state index contributed by atoms with van der Waals surface area (Å²) in [6, 6.07) is 19.9. The molecule has 0 atom stereocenters. The van der Waals surface area contributed by atoms with Crippen LogP contribution in [0.1, 0.15) is 44.5 Å². The maximum atomic E-state index is 13.8. The Labute approximate surface area is 399 Å². The van der Waals surface area contributed by atoms with Crippen molar-refractivity contribution in [2.24, 2.45) is 5.73 Å². The van der Waals surface area contributed by atoms with E-state index in [2.05, 4.69) is 40.2 Å². The van der Waals surface area contributed by atoms with E-state index in [1.54, 1.807) is 48.9 Å². The van der Waals surface area contributed by atoms with Gasteiger partial charge >= 0.3 is 12.4 Å². The number of nitrogens with zero attached hydrogens (tertiary/aromatic N) is 7. The summed E-state index contributed by atoms with van der Waals surface area (Å²) in [5.41, 5.74) is 7.41. The molecule has 0 spiro atoms. The molecule has 0 aliphatic carbocycles. The highest BCUT2D eigenvalue weighted by molar-refractivity contribution is 7.90. The molecule has 0 amide bonds. The molecule has 0 saturated heterocycles. The van der Waals surface area contributed by atoms with Gasteiger partial charge in [0.15, 0.2) is 5.65 Å². The number of fused-ring (bicyclic) bond motifs is 2. The number of hydrogen-bond acceptors (Lipinski definition) is 12. The van der Waals surface area contributed by atoms with Gasteiger partial charge in [-0.15, -0.1) is 0 Å². The van der Waals surface area contributed by atoms with Crippen LogP contribution in [0.5, 0.6) is 0 Å². The largest absolute Gasteiger partial charge is 0.416 e. The Kier molecular flexibility index (Phi) is 15.2. The summed E-state index contributed by atoms with van der Waals surface area (Å²) in [6.45, 7) is -0.404. The molecular weight excluding hydrogens is 985 g/mol. The molecule has 0 aliphatic heterocycles. The van der Waals surface area contributed by atoms with E-state index >= 15 is 0 Å². The standard InChI is InChI=1S/C20H15F4N5.C19H16N4O4S2.C8H7F4N/c21-17-4-3-15(20(22,23)24)7-14(17)11-29-19-27-8-12(9-28-19)6-13-10-26-18-16(13)2-1-5-25-18;1-28(24,25)19-21-11-14(12-22-19)10-15-13-23(18-17(15)8-5-9-20-18)29(26,27)16-6-3-2-4-7-16;9-7-2-1-6(8(10,11)12)3-5(7)4-13/h1-5,7-10H,6,11H2,(H,25,26)(H,27,28,29);2-9,11-13H,10H2,1H3;1-3H,4,13H2. The summed E-state index contributed by atoms with van der Waals surface area (Å²) in [6.07, 6.45) is 5.71. The zero-order chi connectivity index (χ0) is 51.1. The number of aromatic amines is 1. The first kappa shape index (κ1) is 51.2. The monoisotopic (exact) mass is 1020 g/mol. The molecule has 6 aromatic heterocycles. The lowest BCUT2D eigenvalue weighted by Crippen LogP contribution is -2.12. The summed E-state index contributed by atoms with van der Waals surface area (Å²) in [5, 5.41) is 4.19. The molecule has 0 radical (unpaired) electrons. The zero-order valence-electron chi connectivity index (χ0n) is 36.8. The number of nitrogens with one attached hydrogen (secondary N) is 2. The van der Waals surface area contributed by atoms with E-state index in [1.807, 2.05) is 18.3 Å². The third-order valence-electron chi connectivity index (χ3n) is 10.4. The normalized spacial score (nSPS) is 12.0. The minimum Gasteiger partial charge on any atom is -0.350 e. The topological polar surface area (TPSA) is 204 Å². The number of hydrogen-bond donors (Lipinski definition) is 3. The van der Waals surface area contributed by atoms with E-state index in [-0.39, 0.29) is 40.2 Å². The van der Waals surface area contributed by atoms with E-state index < -0.39 is 55.0 Å². The molecule has 0 unspecified atom stereocenters. The van der Waals surface area contributed by atoms with Crippen molar-refractivity contribution in [3.63, 3.8) is 0 Å². The fraction of sp³-hybridized carbons (Fsp3) is 0.149. The molecule has 9 aromatic rings. The predicted molar refractivity (Wildman–Crippen MR) is 246 cm³/mol. The van der Waals surface area contributed by atoms with Crippen molar-refractivity contribution in [2.75, 3.05) is 11.6 Å². The van der Waals surface area contributed by atoms with Gasteiger partial charge < -0.3 is 16.0 Å². The molecule has 0 bridgehead atoms. The van der Waals surface area contributed by atoms with Crippen LogP contribution in [0.3, 0.4) is 0 Å². The summed E-state index contributed by atoms with van der Waals surface area (Å²) in [7, 11) is -7.31. The summed E-state index contributed by atoms with van der Waals surface area (Å²) < 4.78 is 152. The van der Waals surface area contributed by atoms with Gasteiger partial charge in [-0.05, 0) is 95.1 Å². The lowest BCUT2D eigenvalue weighted by molar-refractivity contribution is -0.138. The van der Waals surface area contributed by atoms with E-state index in [4.69, 9.17) is 5.73 Å². The Bertz CT molecular complexity index is 3520. The van der Waals surface area contributed by atoms with E-state index in [0.717, 1.165) is 52.7 Å². The molecule has 9 rings (SSSR count). The molecule has 368 valence electrons. The second kappa shape index (κ2) is 21.1. The molecule has 0 fully saturated rings. The van der Waals surface area contributed by atoms with Gasteiger partial charge in [-0.25, -0.2) is 59.5 Å². The van der Waals surface area contributed by atoms with Gasteiger partial charge in [-0.2, -0.15) is 26.3 Å². The van der Waals surface area contributed by atoms with E-state index in [1.165, 1.54) is 40.9 Å². The Morgan fingerprint density at radius 2 is 1.18 bits per heavy atom. The first-order valence-electron chi connectivity index (χ1n) is 20.8. The van der Waals surface area contributed by atoms with Crippen LogP contribution >= 0.6 is 0 Å². The lowest BCUT2D eigenvalue weighted by atomic mass is 10.1. The first-order chi connectivity index (χ1) is 33.6. The maximum absolute atomic E-state index is 13.8. The number of H-pyrrole nitrogens is 1.